The molecule has 0 spiro atoms. The maximum Gasteiger partial charge on any atom is 0.299 e. The number of allylic oxidation sites excluding steroid dienone is 2. The first kappa shape index (κ1) is 9.79. The van der Waals surface area contributed by atoms with Crippen molar-refractivity contribution < 1.29 is 9.59 Å². The van der Waals surface area contributed by atoms with Crippen LogP contribution in [0.2, 0.25) is 0 Å². The fourth-order valence-corrected chi connectivity index (χ4v) is 0. The molecule has 0 aliphatic rings. The topological polar surface area (TPSA) is 40.5 Å². The first-order valence-electron chi connectivity index (χ1n) is 1.78. The van der Waals surface area contributed by atoms with Crippen molar-refractivity contribution in [1.29, 1.82) is 0 Å². The highest BCUT2D eigenvalue weighted by Gasteiger charge is 1.40. The molecule has 0 fully saturated rings. The predicted molar refractivity (Wildman–Crippen MR) is 33.4 cm³/mol. The zero-order chi connectivity index (χ0) is 6.12. The summed E-state index contributed by atoms with van der Waals surface area (Å²) in [5.74, 6) is 0. The third-order valence-electron chi connectivity index (χ3n) is 0.167. The van der Waals surface area contributed by atoms with E-state index < -0.39 is 10.0 Å². The van der Waals surface area contributed by atoms with Crippen LogP contribution in [-0.2, 0) is 0 Å². The highest BCUT2D eigenvalue weighted by molar-refractivity contribution is 6.13. The van der Waals surface area contributed by atoms with Crippen LogP contribution >= 0.6 is 0 Å². The average Bonchev–Trinajstić information content (AvgIpc) is 1.69. The van der Waals surface area contributed by atoms with Gasteiger partial charge in [-0.1, -0.05) is 25.3 Å². The molecule has 0 radical (unpaired) electrons. The van der Waals surface area contributed by atoms with Crippen molar-refractivity contribution in [2.75, 3.05) is 0 Å². The summed E-state index contributed by atoms with van der Waals surface area (Å²) >= 11 is 0. The van der Waals surface area contributed by atoms with Crippen LogP contribution < -0.4 is 0 Å². The molecule has 2 nitrogen and oxygen atoms in total. The summed E-state index contributed by atoms with van der Waals surface area (Å²) < 4.78 is 0. The highest BCUT2D eigenvalue weighted by Crippen LogP contribution is 1.52. The molecule has 0 aliphatic heterocycles. The second kappa shape index (κ2) is 17.5. The van der Waals surface area contributed by atoms with Crippen LogP contribution in [-0.4, -0.2) is 19.6 Å². The van der Waals surface area contributed by atoms with Gasteiger partial charge in [-0.25, -0.2) is 0 Å². The lowest BCUT2D eigenvalue weighted by atomic mass is 10.6. The Labute approximate surface area is 45.9 Å². The summed E-state index contributed by atoms with van der Waals surface area (Å²) in [6.07, 6.45) is 3.28. The van der Waals surface area contributed by atoms with Crippen LogP contribution in [0.3, 0.4) is 0 Å². The zero-order valence-corrected chi connectivity index (χ0v) is 5.58. The maximum atomic E-state index is 7.26. The van der Waals surface area contributed by atoms with Crippen molar-refractivity contribution in [3.63, 3.8) is 0 Å². The van der Waals surface area contributed by atoms with Crippen LogP contribution in [0.4, 0.5) is 0 Å². The zero-order valence-electron chi connectivity index (χ0n) is 4.17. The summed E-state index contributed by atoms with van der Waals surface area (Å²) in [5.41, 5.74) is 0. The van der Waals surface area contributed by atoms with E-state index in [4.69, 9.17) is 9.59 Å². The van der Waals surface area contributed by atoms with Gasteiger partial charge in [0.1, 0.15) is 0 Å². The molecule has 3 heteroatoms. The molecule has 0 aromatic carbocycles. The number of rotatable bonds is 1. The average molecular weight is 118 g/mol. The third-order valence-corrected chi connectivity index (χ3v) is 0.167. The fraction of sp³-hybridized carbons (Fsp3) is 0. The summed E-state index contributed by atoms with van der Waals surface area (Å²) in [4.78, 5) is 14.5. The second-order valence-corrected chi connectivity index (χ2v) is 0.896. The van der Waals surface area contributed by atoms with Gasteiger partial charge in [0, 0.05) is 0 Å². The first-order valence-corrected chi connectivity index (χ1v) is 3.05. The molecule has 2 N–H and O–H groups in total. The van der Waals surface area contributed by atoms with Crippen molar-refractivity contribution in [3.8, 4) is 0 Å². The van der Waals surface area contributed by atoms with Gasteiger partial charge < -0.3 is 9.59 Å². The molecule has 0 saturated carbocycles. The second-order valence-electron chi connectivity index (χ2n) is 0.613. The van der Waals surface area contributed by atoms with E-state index in [1.165, 1.54) is 0 Å². The molecule has 0 bridgehead atoms. The largest absolute Gasteiger partial charge is 0.415 e. The van der Waals surface area contributed by atoms with Gasteiger partial charge in [-0.3, -0.25) is 0 Å². The molecule has 0 unspecified atom stereocenters. The first-order chi connectivity index (χ1) is 3.33. The Balaban J connectivity index is 0. The molecule has 0 rings (SSSR count). The molecule has 0 amide bonds. The third kappa shape index (κ3) is 193. The smallest absolute Gasteiger partial charge is 0.299 e. The van der Waals surface area contributed by atoms with Crippen LogP contribution in [0.5, 0.6) is 0 Å². The van der Waals surface area contributed by atoms with Gasteiger partial charge in [0.05, 0.1) is 0 Å². The van der Waals surface area contributed by atoms with Crippen LogP contribution in [0.25, 0.3) is 0 Å². The Kier molecular flexibility index (Phi) is 24.5. The quantitative estimate of drug-likeness (QED) is 0.354. The van der Waals surface area contributed by atoms with E-state index in [0.717, 1.165) is 0 Å². The highest BCUT2D eigenvalue weighted by atomic mass is 28.2. The minimum atomic E-state index is -1.58. The van der Waals surface area contributed by atoms with Crippen LogP contribution in [0.1, 0.15) is 0 Å². The lowest BCUT2D eigenvalue weighted by Gasteiger charge is -1.52. The normalized spacial score (nSPS) is 5.43. The summed E-state index contributed by atoms with van der Waals surface area (Å²) in [7, 11) is -1.58. The minimum absolute atomic E-state index is 1.58. The molecule has 0 atom stereocenters. The van der Waals surface area contributed by atoms with Crippen molar-refractivity contribution in [3.05, 3.63) is 25.3 Å². The van der Waals surface area contributed by atoms with Gasteiger partial charge in [-0.15, -0.1) is 0 Å². The summed E-state index contributed by atoms with van der Waals surface area (Å²) in [6, 6.07) is 0. The lowest BCUT2D eigenvalue weighted by Crippen LogP contribution is -1.75. The molecular formula is C4H10O2Si. The molecule has 0 heterocycles. The van der Waals surface area contributed by atoms with E-state index in [-0.39, 0.29) is 0 Å². The molecular weight excluding hydrogens is 108 g/mol. The van der Waals surface area contributed by atoms with Gasteiger partial charge in [0.2, 0.25) is 0 Å². The van der Waals surface area contributed by atoms with E-state index >= 15 is 0 Å². The maximum absolute atomic E-state index is 7.26. The predicted octanol–water partition coefficient (Wildman–Crippen LogP) is -0.672. The van der Waals surface area contributed by atoms with Gasteiger partial charge in [-0.05, 0) is 0 Å². The minimum Gasteiger partial charge on any atom is -0.415 e. The van der Waals surface area contributed by atoms with E-state index in [0.29, 0.717) is 0 Å². The van der Waals surface area contributed by atoms with E-state index in [2.05, 4.69) is 13.2 Å². The number of hydrogen-bond acceptors (Lipinski definition) is 2. The Bertz CT molecular complexity index is 39.0. The Hall–Kier alpha value is -0.383. The van der Waals surface area contributed by atoms with Gasteiger partial charge in [0.25, 0.3) is 10.0 Å². The Morgan fingerprint density at radius 3 is 1.29 bits per heavy atom. The Morgan fingerprint density at radius 2 is 1.29 bits per heavy atom. The number of hydrogen-bond donors (Lipinski definition) is 2. The lowest BCUT2D eigenvalue weighted by molar-refractivity contribution is 0.448. The van der Waals surface area contributed by atoms with Crippen LogP contribution in [0.15, 0.2) is 25.3 Å². The summed E-state index contributed by atoms with van der Waals surface area (Å²) in [5, 5.41) is 0. The summed E-state index contributed by atoms with van der Waals surface area (Å²) in [6.45, 7) is 6.72. The van der Waals surface area contributed by atoms with Gasteiger partial charge >= 0.3 is 0 Å². The SMILES string of the molecule is C=CC=C.O[SiH2]O. The molecule has 7 heavy (non-hydrogen) atoms. The molecule has 42 valence electrons. The Morgan fingerprint density at radius 1 is 1.14 bits per heavy atom. The fourth-order valence-electron chi connectivity index (χ4n) is 0. The molecule has 0 aliphatic carbocycles. The van der Waals surface area contributed by atoms with E-state index in [1.54, 1.807) is 12.2 Å². The van der Waals surface area contributed by atoms with E-state index in [1.807, 2.05) is 0 Å². The molecule has 0 aromatic rings. The van der Waals surface area contributed by atoms with Crippen molar-refractivity contribution in [2.45, 2.75) is 0 Å². The van der Waals surface area contributed by atoms with Crippen molar-refractivity contribution >= 4 is 10.0 Å². The monoisotopic (exact) mass is 118 g/mol. The van der Waals surface area contributed by atoms with Crippen LogP contribution in [0, 0.1) is 0 Å². The van der Waals surface area contributed by atoms with Gasteiger partial charge in [-0.2, -0.15) is 0 Å². The van der Waals surface area contributed by atoms with Gasteiger partial charge in [0.15, 0.2) is 0 Å². The van der Waals surface area contributed by atoms with Crippen molar-refractivity contribution in [2.24, 2.45) is 0 Å². The molecule has 0 aromatic heterocycles. The standard InChI is InChI=1S/C4H6.H4O2Si/c1-3-4-2;1-3-2/h3-4H,1-2H2;1-2H,3H2. The van der Waals surface area contributed by atoms with E-state index in [9.17, 15) is 0 Å². The van der Waals surface area contributed by atoms with Crippen molar-refractivity contribution in [1.82, 2.24) is 0 Å². The molecule has 0 saturated heterocycles.